The zero-order chi connectivity index (χ0) is 17.5. The van der Waals surface area contributed by atoms with E-state index < -0.39 is 0 Å². The fraction of sp³-hybridized carbons (Fsp3) is 0.450. The standard InChI is InChI=1S/C20H26N2O2S/c1-16-7-8-19(25-16)9-10-21-20(23)13-18-15-22(11-12-24-18)14-17-5-3-2-4-6-17/h2-8,18H,9-15H2,1H3,(H,21,23). The van der Waals surface area contributed by atoms with Crippen LogP contribution < -0.4 is 5.32 Å². The first kappa shape index (κ1) is 18.1. The van der Waals surface area contributed by atoms with E-state index in [1.807, 2.05) is 6.07 Å². The number of nitrogens with one attached hydrogen (secondary N) is 1. The summed E-state index contributed by atoms with van der Waals surface area (Å²) in [5.74, 6) is 0.0832. The fourth-order valence-corrected chi connectivity index (χ4v) is 4.00. The van der Waals surface area contributed by atoms with Crippen LogP contribution in [0.5, 0.6) is 0 Å². The Morgan fingerprint density at radius 1 is 1.28 bits per heavy atom. The summed E-state index contributed by atoms with van der Waals surface area (Å²) in [5, 5.41) is 3.02. The van der Waals surface area contributed by atoms with Gasteiger partial charge in [0.15, 0.2) is 0 Å². The van der Waals surface area contributed by atoms with Crippen LogP contribution in [0.1, 0.15) is 21.7 Å². The highest BCUT2D eigenvalue weighted by atomic mass is 32.1. The van der Waals surface area contributed by atoms with Crippen LogP contribution in [0.2, 0.25) is 0 Å². The maximum atomic E-state index is 12.2. The molecule has 2 heterocycles. The third kappa shape index (κ3) is 5.96. The van der Waals surface area contributed by atoms with Crippen LogP contribution in [0.25, 0.3) is 0 Å². The van der Waals surface area contributed by atoms with E-state index in [0.29, 0.717) is 19.6 Å². The Balaban J connectivity index is 1.38. The second kappa shape index (κ2) is 9.13. The molecule has 1 N–H and O–H groups in total. The lowest BCUT2D eigenvalue weighted by Crippen LogP contribution is -2.44. The number of morpholine rings is 1. The molecule has 4 nitrogen and oxygen atoms in total. The number of nitrogens with zero attached hydrogens (tertiary/aromatic N) is 1. The molecule has 0 saturated carbocycles. The van der Waals surface area contributed by atoms with Gasteiger partial charge in [-0.1, -0.05) is 30.3 Å². The van der Waals surface area contributed by atoms with Gasteiger partial charge in [0.1, 0.15) is 0 Å². The summed E-state index contributed by atoms with van der Waals surface area (Å²) >= 11 is 1.79. The molecule has 0 spiro atoms. The van der Waals surface area contributed by atoms with E-state index in [-0.39, 0.29) is 12.0 Å². The molecule has 1 aromatic heterocycles. The van der Waals surface area contributed by atoms with Crippen molar-refractivity contribution in [2.24, 2.45) is 0 Å². The molecule has 2 aromatic rings. The van der Waals surface area contributed by atoms with Crippen molar-refractivity contribution >= 4 is 17.2 Å². The predicted octanol–water partition coefficient (Wildman–Crippen LogP) is 3.01. The number of hydrogen-bond acceptors (Lipinski definition) is 4. The molecule has 1 aliphatic heterocycles. The van der Waals surface area contributed by atoms with Crippen molar-refractivity contribution in [1.29, 1.82) is 0 Å². The summed E-state index contributed by atoms with van der Waals surface area (Å²) in [6.07, 6.45) is 1.33. The van der Waals surface area contributed by atoms with Gasteiger partial charge in [0, 0.05) is 35.9 Å². The quantitative estimate of drug-likeness (QED) is 0.827. The van der Waals surface area contributed by atoms with Gasteiger partial charge in [-0.15, -0.1) is 11.3 Å². The van der Waals surface area contributed by atoms with Gasteiger partial charge in [-0.25, -0.2) is 0 Å². The van der Waals surface area contributed by atoms with Crippen molar-refractivity contribution in [2.45, 2.75) is 32.4 Å². The van der Waals surface area contributed by atoms with Crippen LogP contribution in [0, 0.1) is 6.92 Å². The SMILES string of the molecule is Cc1ccc(CCNC(=O)CC2CN(Cc3ccccc3)CCO2)s1. The molecule has 1 atom stereocenters. The molecule has 25 heavy (non-hydrogen) atoms. The summed E-state index contributed by atoms with van der Waals surface area (Å²) in [6, 6.07) is 14.7. The monoisotopic (exact) mass is 358 g/mol. The molecule has 1 aromatic carbocycles. The van der Waals surface area contributed by atoms with E-state index in [4.69, 9.17) is 4.74 Å². The molecule has 5 heteroatoms. The first-order chi connectivity index (χ1) is 12.2. The molecular weight excluding hydrogens is 332 g/mol. The zero-order valence-electron chi connectivity index (χ0n) is 14.7. The number of carbonyl (C=O) groups is 1. The summed E-state index contributed by atoms with van der Waals surface area (Å²) in [5.41, 5.74) is 1.30. The lowest BCUT2D eigenvalue weighted by molar-refractivity contribution is -0.126. The number of ether oxygens (including phenoxy) is 1. The smallest absolute Gasteiger partial charge is 0.222 e. The molecule has 1 aliphatic rings. The zero-order valence-corrected chi connectivity index (χ0v) is 15.6. The van der Waals surface area contributed by atoms with Crippen LogP contribution in [-0.4, -0.2) is 43.2 Å². The van der Waals surface area contributed by atoms with E-state index in [9.17, 15) is 4.79 Å². The molecule has 134 valence electrons. The lowest BCUT2D eigenvalue weighted by atomic mass is 10.1. The third-order valence-corrected chi connectivity index (χ3v) is 5.44. The lowest BCUT2D eigenvalue weighted by Gasteiger charge is -2.32. The Bertz CT molecular complexity index is 671. The highest BCUT2D eigenvalue weighted by molar-refractivity contribution is 7.11. The van der Waals surface area contributed by atoms with E-state index in [1.54, 1.807) is 11.3 Å². The minimum Gasteiger partial charge on any atom is -0.375 e. The summed E-state index contributed by atoms with van der Waals surface area (Å²) in [4.78, 5) is 17.2. The summed E-state index contributed by atoms with van der Waals surface area (Å²) in [7, 11) is 0. The average molecular weight is 359 g/mol. The van der Waals surface area contributed by atoms with E-state index in [2.05, 4.69) is 53.5 Å². The van der Waals surface area contributed by atoms with Crippen molar-refractivity contribution in [1.82, 2.24) is 10.2 Å². The molecule has 1 saturated heterocycles. The molecule has 0 aliphatic carbocycles. The minimum absolute atomic E-state index is 0.0126. The molecule has 0 bridgehead atoms. The van der Waals surface area contributed by atoms with Crippen molar-refractivity contribution < 1.29 is 9.53 Å². The van der Waals surface area contributed by atoms with Crippen molar-refractivity contribution in [3.05, 3.63) is 57.8 Å². The molecule has 0 radical (unpaired) electrons. The van der Waals surface area contributed by atoms with Gasteiger partial charge in [-0.3, -0.25) is 9.69 Å². The van der Waals surface area contributed by atoms with Crippen molar-refractivity contribution in [2.75, 3.05) is 26.2 Å². The minimum atomic E-state index is -0.0126. The Labute approximate surface area is 153 Å². The topological polar surface area (TPSA) is 41.6 Å². The first-order valence-corrected chi connectivity index (χ1v) is 9.70. The Morgan fingerprint density at radius 3 is 2.88 bits per heavy atom. The number of carbonyl (C=O) groups excluding carboxylic acids is 1. The van der Waals surface area contributed by atoms with Gasteiger partial charge in [0.05, 0.1) is 19.1 Å². The first-order valence-electron chi connectivity index (χ1n) is 8.89. The molecule has 1 fully saturated rings. The maximum Gasteiger partial charge on any atom is 0.222 e. The number of rotatable bonds is 7. The highest BCUT2D eigenvalue weighted by Gasteiger charge is 2.22. The number of amides is 1. The molecule has 1 unspecified atom stereocenters. The van der Waals surface area contributed by atoms with Gasteiger partial charge < -0.3 is 10.1 Å². The third-order valence-electron chi connectivity index (χ3n) is 4.37. The van der Waals surface area contributed by atoms with Gasteiger partial charge >= 0.3 is 0 Å². The molecule has 3 rings (SSSR count). The van der Waals surface area contributed by atoms with Crippen molar-refractivity contribution in [3.63, 3.8) is 0 Å². The Hall–Kier alpha value is -1.69. The second-order valence-corrected chi connectivity index (χ2v) is 7.90. The largest absolute Gasteiger partial charge is 0.375 e. The second-order valence-electron chi connectivity index (χ2n) is 6.53. The summed E-state index contributed by atoms with van der Waals surface area (Å²) < 4.78 is 5.78. The van der Waals surface area contributed by atoms with Crippen LogP contribution in [0.15, 0.2) is 42.5 Å². The van der Waals surface area contributed by atoms with E-state index in [0.717, 1.165) is 26.1 Å². The number of aryl methyl sites for hydroxylation is 1. The Morgan fingerprint density at radius 2 is 2.12 bits per heavy atom. The van der Waals surface area contributed by atoms with Gasteiger partial charge in [0.25, 0.3) is 0 Å². The van der Waals surface area contributed by atoms with Gasteiger partial charge in [-0.2, -0.15) is 0 Å². The van der Waals surface area contributed by atoms with Crippen LogP contribution in [0.4, 0.5) is 0 Å². The Kier molecular flexibility index (Phi) is 6.62. The van der Waals surface area contributed by atoms with Crippen LogP contribution >= 0.6 is 11.3 Å². The van der Waals surface area contributed by atoms with E-state index >= 15 is 0 Å². The number of benzene rings is 1. The predicted molar refractivity (Wildman–Crippen MR) is 102 cm³/mol. The normalized spacial score (nSPS) is 18.2. The van der Waals surface area contributed by atoms with E-state index in [1.165, 1.54) is 15.3 Å². The molecular formula is C20H26N2O2S. The van der Waals surface area contributed by atoms with Crippen LogP contribution in [-0.2, 0) is 22.5 Å². The number of thiophene rings is 1. The number of hydrogen-bond donors (Lipinski definition) is 1. The highest BCUT2D eigenvalue weighted by Crippen LogP contribution is 2.15. The van der Waals surface area contributed by atoms with Crippen LogP contribution in [0.3, 0.4) is 0 Å². The molecule has 1 amide bonds. The average Bonchev–Trinajstić information content (AvgIpc) is 3.01. The fourth-order valence-electron chi connectivity index (χ4n) is 3.11. The maximum absolute atomic E-state index is 12.2. The van der Waals surface area contributed by atoms with Crippen molar-refractivity contribution in [3.8, 4) is 0 Å². The summed E-state index contributed by atoms with van der Waals surface area (Å²) in [6.45, 7) is 6.14. The van der Waals surface area contributed by atoms with Gasteiger partial charge in [-0.05, 0) is 31.0 Å². The van der Waals surface area contributed by atoms with Gasteiger partial charge in [0.2, 0.25) is 5.91 Å².